The average molecular weight is 884 g/mol. The maximum atomic E-state index is 2.52. The summed E-state index contributed by atoms with van der Waals surface area (Å²) >= 11 is 1.87. The Morgan fingerprint density at radius 3 is 1.69 bits per heavy atom. The molecule has 11 aromatic carbocycles. The van der Waals surface area contributed by atoms with E-state index in [2.05, 4.69) is 267 Å². The second kappa shape index (κ2) is 16.2. The molecule has 12 aromatic rings. The van der Waals surface area contributed by atoms with Gasteiger partial charge in [-0.1, -0.05) is 212 Å². The van der Waals surface area contributed by atoms with Crippen molar-refractivity contribution in [2.45, 2.75) is 12.3 Å². The number of nitrogens with zero attached hydrogens (tertiary/aromatic N) is 1. The monoisotopic (exact) mass is 883 g/mol. The largest absolute Gasteiger partial charge is 0.309 e. The predicted molar refractivity (Wildman–Crippen MR) is 291 cm³/mol. The van der Waals surface area contributed by atoms with Crippen molar-refractivity contribution in [1.29, 1.82) is 0 Å². The molecule has 0 amide bonds. The zero-order valence-corrected chi connectivity index (χ0v) is 38.4. The molecule has 0 bridgehead atoms. The Hall–Kier alpha value is -8.30. The summed E-state index contributed by atoms with van der Waals surface area (Å²) in [6.45, 7) is 2.40. The Balaban J connectivity index is 1.06. The molecule has 1 heterocycles. The van der Waals surface area contributed by atoms with Crippen molar-refractivity contribution >= 4 is 59.3 Å². The van der Waals surface area contributed by atoms with E-state index in [0.717, 1.165) is 28.2 Å². The third-order valence-corrected chi connectivity index (χ3v) is 15.5. The van der Waals surface area contributed by atoms with Gasteiger partial charge in [-0.15, -0.1) is 11.3 Å². The normalized spacial score (nSPS) is 14.0. The van der Waals surface area contributed by atoms with Crippen molar-refractivity contribution in [2.24, 2.45) is 0 Å². The fourth-order valence-corrected chi connectivity index (χ4v) is 12.3. The summed E-state index contributed by atoms with van der Waals surface area (Å²) in [6.07, 6.45) is 0. The molecular weight excluding hydrogens is 839 g/mol. The van der Waals surface area contributed by atoms with Gasteiger partial charge < -0.3 is 4.90 Å². The van der Waals surface area contributed by atoms with E-state index >= 15 is 0 Å². The summed E-state index contributed by atoms with van der Waals surface area (Å²) in [5.74, 6) is 0. The van der Waals surface area contributed by atoms with Crippen LogP contribution in [0.3, 0.4) is 0 Å². The van der Waals surface area contributed by atoms with Crippen LogP contribution in [-0.2, 0) is 5.41 Å². The minimum atomic E-state index is -0.323. The SMILES string of the molecule is CC1(c2ccccc2)c2ccccc2-c2ccc(-c3ccccc3N(c3cccc(-c4cccc5sc6ccccc6c45)c3)c3ccccc3-c3cccc4cccc(-c5ccccc5)c34)cc21. The number of hydrogen-bond donors (Lipinski definition) is 0. The highest BCUT2D eigenvalue weighted by Gasteiger charge is 2.41. The summed E-state index contributed by atoms with van der Waals surface area (Å²) in [7, 11) is 0. The zero-order chi connectivity index (χ0) is 45.2. The van der Waals surface area contributed by atoms with Crippen LogP contribution in [0.4, 0.5) is 17.1 Å². The Morgan fingerprint density at radius 2 is 0.882 bits per heavy atom. The lowest BCUT2D eigenvalue weighted by Crippen LogP contribution is -2.22. The van der Waals surface area contributed by atoms with Gasteiger partial charge in [0.05, 0.1) is 11.4 Å². The molecule has 1 atom stereocenters. The average Bonchev–Trinajstić information content (AvgIpc) is 3.92. The molecule has 0 saturated carbocycles. The quantitative estimate of drug-likeness (QED) is 0.147. The molecule has 320 valence electrons. The molecule has 1 aliphatic rings. The van der Waals surface area contributed by atoms with Gasteiger partial charge >= 0.3 is 0 Å². The van der Waals surface area contributed by atoms with Crippen molar-refractivity contribution in [3.05, 3.63) is 271 Å². The molecule has 2 heteroatoms. The number of rotatable bonds is 8. The summed E-state index contributed by atoms with van der Waals surface area (Å²) in [6, 6.07) is 94.2. The lowest BCUT2D eigenvalue weighted by Gasteiger charge is -2.31. The summed E-state index contributed by atoms with van der Waals surface area (Å²) < 4.78 is 2.61. The Kier molecular flexibility index (Phi) is 9.56. The maximum absolute atomic E-state index is 2.52. The van der Waals surface area contributed by atoms with Crippen LogP contribution in [0.5, 0.6) is 0 Å². The number of para-hydroxylation sites is 2. The number of hydrogen-bond acceptors (Lipinski definition) is 2. The first-order chi connectivity index (χ1) is 33.6. The summed E-state index contributed by atoms with van der Waals surface area (Å²) in [5, 5.41) is 5.06. The number of fused-ring (bicyclic) bond motifs is 7. The first-order valence-corrected chi connectivity index (χ1v) is 24.3. The fourth-order valence-electron chi connectivity index (χ4n) is 11.2. The molecule has 68 heavy (non-hydrogen) atoms. The van der Waals surface area contributed by atoms with Gasteiger partial charge in [0.15, 0.2) is 0 Å². The molecule has 0 N–H and O–H groups in total. The van der Waals surface area contributed by atoms with Crippen molar-refractivity contribution in [1.82, 2.24) is 0 Å². The first-order valence-electron chi connectivity index (χ1n) is 23.5. The number of benzene rings is 11. The van der Waals surface area contributed by atoms with E-state index in [4.69, 9.17) is 0 Å². The fraction of sp³-hybridized carbons (Fsp3) is 0.0303. The van der Waals surface area contributed by atoms with Gasteiger partial charge in [0.25, 0.3) is 0 Å². The zero-order valence-electron chi connectivity index (χ0n) is 37.6. The van der Waals surface area contributed by atoms with Crippen LogP contribution in [0.2, 0.25) is 0 Å². The Bertz CT molecular complexity index is 3880. The lowest BCUT2D eigenvalue weighted by molar-refractivity contribution is 0.714. The van der Waals surface area contributed by atoms with Crippen molar-refractivity contribution in [2.75, 3.05) is 4.90 Å². The van der Waals surface area contributed by atoms with Gasteiger partial charge in [-0.25, -0.2) is 0 Å². The van der Waals surface area contributed by atoms with Gasteiger partial charge in [0.1, 0.15) is 0 Å². The highest BCUT2D eigenvalue weighted by atomic mass is 32.1. The van der Waals surface area contributed by atoms with E-state index in [0.29, 0.717) is 0 Å². The molecule has 0 aliphatic heterocycles. The van der Waals surface area contributed by atoms with Crippen molar-refractivity contribution in [3.63, 3.8) is 0 Å². The van der Waals surface area contributed by atoms with Crippen LogP contribution in [0.1, 0.15) is 23.6 Å². The van der Waals surface area contributed by atoms with E-state index in [1.165, 1.54) is 92.1 Å². The summed E-state index contributed by atoms with van der Waals surface area (Å²) in [4.78, 5) is 2.52. The van der Waals surface area contributed by atoms with Crippen molar-refractivity contribution in [3.8, 4) is 55.6 Å². The first kappa shape index (κ1) is 40.0. The van der Waals surface area contributed by atoms with Gasteiger partial charge in [-0.05, 0) is 121 Å². The Labute approximate surface area is 401 Å². The third-order valence-electron chi connectivity index (χ3n) is 14.4. The number of thiophene rings is 1. The molecule has 0 spiro atoms. The van der Waals surface area contributed by atoms with Crippen LogP contribution in [0, 0.1) is 0 Å². The molecular formula is C66H45NS. The number of anilines is 3. The van der Waals surface area contributed by atoms with E-state index in [1.807, 2.05) is 11.3 Å². The van der Waals surface area contributed by atoms with Gasteiger partial charge in [0, 0.05) is 42.4 Å². The topological polar surface area (TPSA) is 3.24 Å². The standard InChI is InChI=1S/C66H45NS/c1-66(48-25-6-3-7-26-48)58-35-12-8-29-53(58)54-41-40-47(43-59(54)66)50-28-9-13-36-60(50)67(49-27-16-24-46(42-49)52-33-19-39-63-65(52)57-31-11-15-38-62(57)68-63)61-37-14-10-30-55(61)56-34-18-23-45-22-17-32-51(64(45)56)44-20-4-2-5-21-44/h2-43H,1H3. The van der Waals surface area contributed by atoms with Crippen LogP contribution in [0.25, 0.3) is 86.6 Å². The van der Waals surface area contributed by atoms with Gasteiger partial charge in [-0.3, -0.25) is 0 Å². The second-order valence-electron chi connectivity index (χ2n) is 18.1. The minimum absolute atomic E-state index is 0.323. The van der Waals surface area contributed by atoms with Crippen LogP contribution < -0.4 is 4.90 Å². The van der Waals surface area contributed by atoms with Gasteiger partial charge in [0.2, 0.25) is 0 Å². The smallest absolute Gasteiger partial charge is 0.0540 e. The molecule has 1 aromatic heterocycles. The molecule has 13 rings (SSSR count). The summed E-state index contributed by atoms with van der Waals surface area (Å²) in [5.41, 5.74) is 19.1. The highest BCUT2D eigenvalue weighted by molar-refractivity contribution is 7.25. The molecule has 1 unspecified atom stereocenters. The van der Waals surface area contributed by atoms with E-state index in [9.17, 15) is 0 Å². The second-order valence-corrected chi connectivity index (χ2v) is 19.2. The van der Waals surface area contributed by atoms with Gasteiger partial charge in [-0.2, -0.15) is 0 Å². The van der Waals surface area contributed by atoms with Crippen LogP contribution in [-0.4, -0.2) is 0 Å². The minimum Gasteiger partial charge on any atom is -0.309 e. The lowest BCUT2D eigenvalue weighted by atomic mass is 9.74. The Morgan fingerprint density at radius 1 is 0.338 bits per heavy atom. The van der Waals surface area contributed by atoms with Crippen molar-refractivity contribution < 1.29 is 0 Å². The van der Waals surface area contributed by atoms with E-state index < -0.39 is 0 Å². The van der Waals surface area contributed by atoms with Crippen LogP contribution >= 0.6 is 11.3 Å². The molecule has 0 radical (unpaired) electrons. The van der Waals surface area contributed by atoms with E-state index in [-0.39, 0.29) is 5.41 Å². The molecule has 1 aliphatic carbocycles. The molecule has 0 saturated heterocycles. The maximum Gasteiger partial charge on any atom is 0.0540 e. The molecule has 0 fully saturated rings. The highest BCUT2D eigenvalue weighted by Crippen LogP contribution is 2.54. The third kappa shape index (κ3) is 6.37. The van der Waals surface area contributed by atoms with Crippen LogP contribution in [0.15, 0.2) is 255 Å². The molecule has 1 nitrogen and oxygen atoms in total. The predicted octanol–water partition coefficient (Wildman–Crippen LogP) is 18.7. The van der Waals surface area contributed by atoms with E-state index in [1.54, 1.807) is 0 Å².